The van der Waals surface area contributed by atoms with Crippen LogP contribution in [-0.4, -0.2) is 26.2 Å². The third-order valence-corrected chi connectivity index (χ3v) is 3.88. The lowest BCUT2D eigenvalue weighted by atomic mass is 9.83. The molecule has 2 rings (SSSR count). The molecule has 2 heterocycles. The fraction of sp³-hybridized carbons (Fsp3) is 0.333. The first-order valence-electron chi connectivity index (χ1n) is 6.51. The van der Waals surface area contributed by atoms with Gasteiger partial charge in [0.1, 0.15) is 5.76 Å². The molecule has 22 heavy (non-hydrogen) atoms. The second kappa shape index (κ2) is 6.39. The highest BCUT2D eigenvalue weighted by Crippen LogP contribution is 2.40. The van der Waals surface area contributed by atoms with E-state index in [9.17, 15) is 9.59 Å². The van der Waals surface area contributed by atoms with Crippen molar-refractivity contribution in [2.75, 3.05) is 14.2 Å². The third kappa shape index (κ3) is 2.81. The van der Waals surface area contributed by atoms with Gasteiger partial charge in [-0.1, -0.05) is 0 Å². The average Bonchev–Trinajstić information content (AvgIpc) is 2.91. The third-order valence-electron chi connectivity index (χ3n) is 3.45. The van der Waals surface area contributed by atoms with Crippen molar-refractivity contribution >= 4 is 27.9 Å². The molecular weight excluding hydrogens is 354 g/mol. The molecule has 1 aliphatic heterocycles. The summed E-state index contributed by atoms with van der Waals surface area (Å²) in [5.74, 6) is -1.30. The second-order valence-electron chi connectivity index (χ2n) is 4.76. The molecule has 7 heteroatoms. The molecule has 0 bridgehead atoms. The van der Waals surface area contributed by atoms with Crippen LogP contribution in [0.15, 0.2) is 43.8 Å². The summed E-state index contributed by atoms with van der Waals surface area (Å²) in [6, 6.07) is 3.40. The number of halogens is 1. The lowest BCUT2D eigenvalue weighted by Gasteiger charge is -2.28. The predicted octanol–water partition coefficient (Wildman–Crippen LogP) is 2.62. The SMILES string of the molecule is COC(=O)C1=C(C)NC(C)=C(C(=O)OC)C1c1ccc(Br)o1. The summed E-state index contributed by atoms with van der Waals surface area (Å²) in [6.07, 6.45) is 0. The summed E-state index contributed by atoms with van der Waals surface area (Å²) in [7, 11) is 2.58. The van der Waals surface area contributed by atoms with Crippen molar-refractivity contribution in [3.8, 4) is 0 Å². The summed E-state index contributed by atoms with van der Waals surface area (Å²) < 4.78 is 15.8. The van der Waals surface area contributed by atoms with Crippen LogP contribution in [0.3, 0.4) is 0 Å². The molecule has 1 aromatic rings. The molecule has 118 valence electrons. The Morgan fingerprint density at radius 1 is 1.09 bits per heavy atom. The zero-order chi connectivity index (χ0) is 16.4. The summed E-state index contributed by atoms with van der Waals surface area (Å²) in [4.78, 5) is 24.4. The maximum atomic E-state index is 12.2. The molecule has 0 unspecified atom stereocenters. The molecule has 0 saturated heterocycles. The van der Waals surface area contributed by atoms with Crippen LogP contribution in [0, 0.1) is 0 Å². The minimum Gasteiger partial charge on any atom is -0.466 e. The highest BCUT2D eigenvalue weighted by Gasteiger charge is 2.39. The predicted molar refractivity (Wildman–Crippen MR) is 81.7 cm³/mol. The number of furan rings is 1. The normalized spacial score (nSPS) is 15.7. The van der Waals surface area contributed by atoms with Gasteiger partial charge in [-0.2, -0.15) is 0 Å². The van der Waals surface area contributed by atoms with Crippen LogP contribution in [-0.2, 0) is 19.1 Å². The van der Waals surface area contributed by atoms with Gasteiger partial charge in [0, 0.05) is 11.4 Å². The van der Waals surface area contributed by atoms with Gasteiger partial charge in [-0.25, -0.2) is 9.59 Å². The van der Waals surface area contributed by atoms with Gasteiger partial charge in [0.25, 0.3) is 0 Å². The monoisotopic (exact) mass is 369 g/mol. The van der Waals surface area contributed by atoms with Gasteiger partial charge in [-0.15, -0.1) is 0 Å². The Hall–Kier alpha value is -2.02. The summed E-state index contributed by atoms with van der Waals surface area (Å²) in [6.45, 7) is 3.49. The molecular formula is C15H16BrNO5. The minimum absolute atomic E-state index is 0.315. The van der Waals surface area contributed by atoms with Crippen LogP contribution < -0.4 is 5.32 Å². The minimum atomic E-state index is -0.688. The van der Waals surface area contributed by atoms with Crippen molar-refractivity contribution in [3.05, 3.63) is 45.1 Å². The van der Waals surface area contributed by atoms with Crippen molar-refractivity contribution in [2.24, 2.45) is 0 Å². The molecule has 1 aromatic heterocycles. The smallest absolute Gasteiger partial charge is 0.336 e. The van der Waals surface area contributed by atoms with E-state index in [1.165, 1.54) is 14.2 Å². The number of carbonyl (C=O) groups excluding carboxylic acids is 2. The largest absolute Gasteiger partial charge is 0.466 e. The Labute approximate surface area is 136 Å². The zero-order valence-corrected chi connectivity index (χ0v) is 14.2. The van der Waals surface area contributed by atoms with Crippen LogP contribution in [0.1, 0.15) is 25.5 Å². The van der Waals surface area contributed by atoms with E-state index in [4.69, 9.17) is 13.9 Å². The van der Waals surface area contributed by atoms with Crippen LogP contribution >= 0.6 is 15.9 Å². The number of esters is 2. The fourth-order valence-electron chi connectivity index (χ4n) is 2.52. The molecule has 0 aromatic carbocycles. The number of ether oxygens (including phenoxy) is 2. The van der Waals surface area contributed by atoms with Crippen molar-refractivity contribution in [1.29, 1.82) is 0 Å². The van der Waals surface area contributed by atoms with Crippen molar-refractivity contribution in [2.45, 2.75) is 19.8 Å². The molecule has 0 fully saturated rings. The van der Waals surface area contributed by atoms with E-state index in [0.717, 1.165) is 0 Å². The van der Waals surface area contributed by atoms with E-state index in [1.807, 2.05) is 0 Å². The van der Waals surface area contributed by atoms with Crippen LogP contribution in [0.25, 0.3) is 0 Å². The van der Waals surface area contributed by atoms with Gasteiger partial charge in [-0.3, -0.25) is 0 Å². The first-order chi connectivity index (χ1) is 10.4. The second-order valence-corrected chi connectivity index (χ2v) is 5.54. The molecule has 0 aliphatic carbocycles. The number of methoxy groups -OCH3 is 2. The van der Waals surface area contributed by atoms with Crippen LogP contribution in [0.2, 0.25) is 0 Å². The number of allylic oxidation sites excluding steroid dienone is 2. The molecule has 1 aliphatic rings. The van der Waals surface area contributed by atoms with Crippen molar-refractivity contribution in [1.82, 2.24) is 5.32 Å². The Kier molecular flexibility index (Phi) is 4.75. The molecule has 0 atom stereocenters. The van der Waals surface area contributed by atoms with Gasteiger partial charge in [0.15, 0.2) is 4.67 Å². The molecule has 0 amide bonds. The quantitative estimate of drug-likeness (QED) is 0.825. The highest BCUT2D eigenvalue weighted by atomic mass is 79.9. The summed E-state index contributed by atoms with van der Waals surface area (Å²) >= 11 is 3.23. The van der Waals surface area contributed by atoms with Gasteiger partial charge in [-0.05, 0) is 41.9 Å². The van der Waals surface area contributed by atoms with Gasteiger partial charge < -0.3 is 19.2 Å². The average molecular weight is 370 g/mol. The lowest BCUT2D eigenvalue weighted by Crippen LogP contribution is -2.31. The number of hydrogen-bond acceptors (Lipinski definition) is 6. The maximum absolute atomic E-state index is 12.2. The van der Waals surface area contributed by atoms with Crippen LogP contribution in [0.4, 0.5) is 0 Å². The number of rotatable bonds is 3. The first kappa shape index (κ1) is 16.4. The van der Waals surface area contributed by atoms with Crippen molar-refractivity contribution in [3.63, 3.8) is 0 Å². The van der Waals surface area contributed by atoms with Gasteiger partial charge >= 0.3 is 11.9 Å². The first-order valence-corrected chi connectivity index (χ1v) is 7.30. The number of dihydropyridines is 1. The number of hydrogen-bond donors (Lipinski definition) is 1. The summed E-state index contributed by atoms with van der Waals surface area (Å²) in [5, 5.41) is 3.02. The van der Waals surface area contributed by atoms with E-state index in [1.54, 1.807) is 26.0 Å². The van der Waals surface area contributed by atoms with E-state index in [2.05, 4.69) is 21.2 Å². The molecule has 0 saturated carbocycles. The van der Waals surface area contributed by atoms with Crippen LogP contribution in [0.5, 0.6) is 0 Å². The molecule has 0 spiro atoms. The topological polar surface area (TPSA) is 77.8 Å². The Morgan fingerprint density at radius 2 is 1.59 bits per heavy atom. The fourth-order valence-corrected chi connectivity index (χ4v) is 2.84. The Bertz CT molecular complexity index is 648. The molecule has 6 nitrogen and oxygen atoms in total. The number of nitrogens with one attached hydrogen (secondary N) is 1. The maximum Gasteiger partial charge on any atom is 0.336 e. The highest BCUT2D eigenvalue weighted by molar-refractivity contribution is 9.10. The van der Waals surface area contributed by atoms with E-state index in [-0.39, 0.29) is 0 Å². The Morgan fingerprint density at radius 3 is 1.95 bits per heavy atom. The van der Waals surface area contributed by atoms with E-state index >= 15 is 0 Å². The Balaban J connectivity index is 2.65. The number of carbonyl (C=O) groups is 2. The van der Waals surface area contributed by atoms with Gasteiger partial charge in [0.2, 0.25) is 0 Å². The van der Waals surface area contributed by atoms with Gasteiger partial charge in [0.05, 0.1) is 31.3 Å². The lowest BCUT2D eigenvalue weighted by molar-refractivity contribution is -0.137. The standard InChI is InChI=1S/C15H16BrNO5/c1-7-11(14(18)20-3)13(9-5-6-10(16)22-9)12(8(2)17-7)15(19)21-4/h5-6,13,17H,1-4H3. The molecule has 0 radical (unpaired) electrons. The summed E-state index contributed by atoms with van der Waals surface area (Å²) in [5.41, 5.74) is 1.84. The zero-order valence-electron chi connectivity index (χ0n) is 12.7. The van der Waals surface area contributed by atoms with Crippen molar-refractivity contribution < 1.29 is 23.5 Å². The molecule has 1 N–H and O–H groups in total. The van der Waals surface area contributed by atoms with E-state index < -0.39 is 17.9 Å². The van der Waals surface area contributed by atoms with E-state index in [0.29, 0.717) is 33.0 Å².